The monoisotopic (exact) mass is 792 g/mol. The molecule has 2 aliphatic rings. The number of carbonyl (C=O) groups is 2. The van der Waals surface area contributed by atoms with Gasteiger partial charge in [-0.25, -0.2) is 24.7 Å². The van der Waals surface area contributed by atoms with Crippen molar-refractivity contribution in [3.05, 3.63) is 145 Å². The summed E-state index contributed by atoms with van der Waals surface area (Å²) < 4.78 is 14.7. The maximum absolute atomic E-state index is 12.6. The van der Waals surface area contributed by atoms with Gasteiger partial charge in [-0.2, -0.15) is 0 Å². The van der Waals surface area contributed by atoms with E-state index in [9.17, 15) is 9.59 Å². The van der Waals surface area contributed by atoms with Crippen LogP contribution in [0.2, 0.25) is 0 Å². The van der Waals surface area contributed by atoms with E-state index in [1.807, 2.05) is 79.5 Å². The Labute approximate surface area is 339 Å². The molecule has 8 heterocycles. The summed E-state index contributed by atoms with van der Waals surface area (Å²) in [6.07, 6.45) is 16.2. The molecule has 10 rings (SSSR count). The molecule has 2 atom stereocenters. The van der Waals surface area contributed by atoms with Gasteiger partial charge in [0.25, 0.3) is 5.91 Å². The zero-order valence-electron chi connectivity index (χ0n) is 32.7. The number of carboxylic acid groups (broad SMARTS) is 1. The van der Waals surface area contributed by atoms with E-state index in [4.69, 9.17) is 19.7 Å². The van der Waals surface area contributed by atoms with E-state index in [2.05, 4.69) is 76.0 Å². The summed E-state index contributed by atoms with van der Waals surface area (Å²) in [7, 11) is 0. The molecule has 0 aliphatic carbocycles. The van der Waals surface area contributed by atoms with Crippen LogP contribution < -0.4 is 20.9 Å². The fraction of sp³-hybridized carbons (Fsp3) is 0.227. The summed E-state index contributed by atoms with van der Waals surface area (Å²) in [5.74, 6) is 1.49. The van der Waals surface area contributed by atoms with E-state index >= 15 is 0 Å². The number of benzene rings is 2. The Morgan fingerprint density at radius 1 is 0.695 bits per heavy atom. The van der Waals surface area contributed by atoms with Crippen molar-refractivity contribution in [2.75, 3.05) is 36.0 Å². The molecule has 2 aromatic carbocycles. The molecule has 2 aliphatic heterocycles. The van der Waals surface area contributed by atoms with Crippen molar-refractivity contribution in [3.8, 4) is 22.9 Å². The van der Waals surface area contributed by atoms with Crippen LogP contribution in [0.5, 0.6) is 0 Å². The van der Waals surface area contributed by atoms with Gasteiger partial charge in [0.05, 0.1) is 11.0 Å². The van der Waals surface area contributed by atoms with Crippen molar-refractivity contribution in [1.82, 2.24) is 34.1 Å². The average molecular weight is 793 g/mol. The van der Waals surface area contributed by atoms with Crippen molar-refractivity contribution in [1.29, 1.82) is 0 Å². The minimum atomic E-state index is -1.09. The number of aromatic nitrogens is 6. The van der Waals surface area contributed by atoms with E-state index in [0.29, 0.717) is 24.0 Å². The number of hydrogen-bond acceptors (Lipinski definition) is 11. The second-order valence-corrected chi connectivity index (χ2v) is 14.5. The van der Waals surface area contributed by atoms with Gasteiger partial charge in [-0.3, -0.25) is 4.79 Å². The molecular weight excluding hydrogens is 749 g/mol. The number of anilines is 2. The number of fused-ring (bicyclic) bond motifs is 2. The molecular formula is C44H44N10O5. The lowest BCUT2D eigenvalue weighted by atomic mass is 10.2. The first-order chi connectivity index (χ1) is 28.7. The van der Waals surface area contributed by atoms with Gasteiger partial charge in [-0.05, 0) is 74.2 Å². The second-order valence-electron chi connectivity index (χ2n) is 14.5. The summed E-state index contributed by atoms with van der Waals surface area (Å²) >= 11 is 0. The highest BCUT2D eigenvalue weighted by atomic mass is 16.4. The number of hydrogen-bond donors (Lipinski definition) is 3. The maximum atomic E-state index is 12.6. The third-order valence-electron chi connectivity index (χ3n) is 10.4. The molecule has 8 aromatic rings. The molecule has 0 unspecified atom stereocenters. The van der Waals surface area contributed by atoms with Crippen molar-refractivity contribution < 1.29 is 23.5 Å². The quantitative estimate of drug-likeness (QED) is 0.159. The molecule has 59 heavy (non-hydrogen) atoms. The summed E-state index contributed by atoms with van der Waals surface area (Å²) in [6, 6.07) is 23.2. The molecule has 0 radical (unpaired) electrons. The van der Waals surface area contributed by atoms with Gasteiger partial charge in [0, 0.05) is 86.6 Å². The van der Waals surface area contributed by atoms with E-state index < -0.39 is 5.97 Å². The number of aromatic carboxylic acids is 1. The van der Waals surface area contributed by atoms with Crippen molar-refractivity contribution in [3.63, 3.8) is 0 Å². The fourth-order valence-corrected chi connectivity index (χ4v) is 7.35. The number of carbonyl (C=O) groups excluding carboxylic acids is 1. The summed E-state index contributed by atoms with van der Waals surface area (Å²) in [5, 5.41) is 11.7. The van der Waals surface area contributed by atoms with Gasteiger partial charge >= 0.3 is 5.97 Å². The predicted octanol–water partition coefficient (Wildman–Crippen LogP) is 6.53. The Morgan fingerprint density at radius 2 is 1.20 bits per heavy atom. The number of carboxylic acids is 1. The molecule has 1 amide bonds. The minimum absolute atomic E-state index is 0.0386. The molecule has 6 aromatic heterocycles. The molecule has 300 valence electrons. The third kappa shape index (κ3) is 8.55. The molecule has 4 N–H and O–H groups in total. The van der Waals surface area contributed by atoms with Gasteiger partial charge < -0.3 is 43.6 Å². The maximum Gasteiger partial charge on any atom is 0.357 e. The highest BCUT2D eigenvalue weighted by molar-refractivity contribution is 5.92. The Morgan fingerprint density at radius 3 is 1.71 bits per heavy atom. The standard InChI is InChI=1S/C22H21N5O2.C12H16N4.C10H7NO3/c1-15-7-10-26-12-9-23-20(19(15)26)27-11-8-17(13-27)24-21(28)18-14-29-22(25-18)16-5-3-2-4-6-16;1-9-2-5-15-7-4-14-12(11(9)15)16-6-3-10(13)8-16;12-10(13)8-6-14-9(11-8)7-4-2-1-3-5-7/h2-7,9-10,12,14,17H,8,11,13H2,1H3,(H,24,28);2,4-5,7,10H,3,6,8,13H2,1H3;1-6H,(H,12,13)/t17-;10-;/m00./s1. The van der Waals surface area contributed by atoms with Gasteiger partial charge in [-0.15, -0.1) is 0 Å². The number of rotatable bonds is 7. The number of amides is 1. The SMILES string of the molecule is Cc1ccn2ccnc(N3CC[C@H](N)C3)c12.Cc1ccn2ccnc(N3CC[C@H](NC(=O)c4coc(-c5ccccc5)n4)C3)c12.O=C(O)c1coc(-c2ccccc2)n1. The highest BCUT2D eigenvalue weighted by Gasteiger charge is 2.28. The lowest BCUT2D eigenvalue weighted by Crippen LogP contribution is -2.37. The van der Waals surface area contributed by atoms with Gasteiger partial charge in [-0.1, -0.05) is 36.4 Å². The van der Waals surface area contributed by atoms with Gasteiger partial charge in [0.2, 0.25) is 11.8 Å². The summed E-state index contributed by atoms with van der Waals surface area (Å²) in [5.41, 5.74) is 12.5. The highest BCUT2D eigenvalue weighted by Crippen LogP contribution is 2.28. The van der Waals surface area contributed by atoms with Crippen molar-refractivity contribution in [2.24, 2.45) is 5.73 Å². The van der Waals surface area contributed by atoms with Crippen LogP contribution in [0.15, 0.2) is 131 Å². The number of aryl methyl sites for hydroxylation is 2. The molecule has 0 bridgehead atoms. The van der Waals surface area contributed by atoms with Crippen molar-refractivity contribution in [2.45, 2.75) is 38.8 Å². The lowest BCUT2D eigenvalue weighted by Gasteiger charge is -2.19. The molecule has 2 fully saturated rings. The lowest BCUT2D eigenvalue weighted by molar-refractivity contribution is 0.0690. The minimum Gasteiger partial charge on any atom is -0.476 e. The van der Waals surface area contributed by atoms with E-state index in [0.717, 1.165) is 67.0 Å². The van der Waals surface area contributed by atoms with Crippen LogP contribution in [-0.4, -0.2) is 84.0 Å². The van der Waals surface area contributed by atoms with Crippen LogP contribution in [0.1, 0.15) is 44.9 Å². The molecule has 2 saturated heterocycles. The normalized spacial score (nSPS) is 16.1. The predicted molar refractivity (Wildman–Crippen MR) is 224 cm³/mol. The molecule has 15 heteroatoms. The third-order valence-corrected chi connectivity index (χ3v) is 10.4. The van der Waals surface area contributed by atoms with E-state index in [1.54, 1.807) is 12.1 Å². The van der Waals surface area contributed by atoms with Crippen LogP contribution in [0.25, 0.3) is 33.9 Å². The number of nitrogens with two attached hydrogens (primary N) is 1. The Balaban J connectivity index is 0.000000136. The van der Waals surface area contributed by atoms with Crippen LogP contribution in [0.3, 0.4) is 0 Å². The molecule has 0 saturated carbocycles. The summed E-state index contributed by atoms with van der Waals surface area (Å²) in [4.78, 5) is 44.9. The van der Waals surface area contributed by atoms with Crippen LogP contribution in [0, 0.1) is 13.8 Å². The van der Waals surface area contributed by atoms with E-state index in [-0.39, 0.29) is 23.7 Å². The first-order valence-corrected chi connectivity index (χ1v) is 19.4. The van der Waals surface area contributed by atoms with E-state index in [1.165, 1.54) is 22.9 Å². The van der Waals surface area contributed by atoms with Crippen molar-refractivity contribution >= 4 is 34.5 Å². The average Bonchev–Trinajstić information content (AvgIpc) is 4.13. The number of nitrogens with zero attached hydrogens (tertiary/aromatic N) is 8. The first-order valence-electron chi connectivity index (χ1n) is 19.4. The Hall–Kier alpha value is -7.26. The van der Waals surface area contributed by atoms with Crippen LogP contribution in [0.4, 0.5) is 11.6 Å². The summed E-state index contributed by atoms with van der Waals surface area (Å²) in [6.45, 7) is 7.69. The zero-order valence-corrected chi connectivity index (χ0v) is 32.7. The fourth-order valence-electron chi connectivity index (χ4n) is 7.35. The molecule has 0 spiro atoms. The zero-order chi connectivity index (χ0) is 40.9. The number of nitrogens with one attached hydrogen (secondary N) is 1. The Bertz CT molecular complexity index is 2690. The Kier molecular flexibility index (Phi) is 11.2. The molecule has 15 nitrogen and oxygen atoms in total. The smallest absolute Gasteiger partial charge is 0.357 e. The van der Waals surface area contributed by atoms with Gasteiger partial charge in [0.1, 0.15) is 12.5 Å². The second kappa shape index (κ2) is 17.1. The topological polar surface area (TPSA) is 186 Å². The van der Waals surface area contributed by atoms with Crippen LogP contribution in [-0.2, 0) is 0 Å². The number of oxazole rings is 2. The largest absolute Gasteiger partial charge is 0.476 e. The first kappa shape index (κ1) is 38.6. The van der Waals surface area contributed by atoms with Crippen LogP contribution >= 0.6 is 0 Å². The van der Waals surface area contributed by atoms with Gasteiger partial charge in [0.15, 0.2) is 23.0 Å².